The molecular formula is C14H18N2O3S2. The van der Waals surface area contributed by atoms with Crippen molar-refractivity contribution in [3.8, 4) is 0 Å². The van der Waals surface area contributed by atoms with E-state index in [9.17, 15) is 8.42 Å². The molecular weight excluding hydrogens is 308 g/mol. The molecule has 2 rings (SSSR count). The number of aromatic nitrogens is 1. The third-order valence-electron chi connectivity index (χ3n) is 2.93. The Kier molecular flexibility index (Phi) is 5.46. The molecule has 1 atom stereocenters. The molecule has 114 valence electrons. The molecule has 2 aromatic rings. The average molecular weight is 326 g/mol. The maximum Gasteiger partial charge on any atom is 0.250 e. The number of thiophene rings is 1. The van der Waals surface area contributed by atoms with E-state index in [0.29, 0.717) is 9.90 Å². The Morgan fingerprint density at radius 3 is 2.71 bits per heavy atom. The molecule has 5 nitrogen and oxygen atoms in total. The fourth-order valence-corrected chi connectivity index (χ4v) is 4.37. The lowest BCUT2D eigenvalue weighted by molar-refractivity contribution is 0.174. The van der Waals surface area contributed by atoms with Gasteiger partial charge >= 0.3 is 0 Å². The zero-order chi connectivity index (χ0) is 15.3. The van der Waals surface area contributed by atoms with Gasteiger partial charge in [-0.1, -0.05) is 13.0 Å². The van der Waals surface area contributed by atoms with Crippen molar-refractivity contribution in [3.63, 3.8) is 0 Å². The van der Waals surface area contributed by atoms with E-state index in [0.717, 1.165) is 11.3 Å². The first-order chi connectivity index (χ1) is 10.1. The zero-order valence-electron chi connectivity index (χ0n) is 11.9. The standard InChI is InChI=1S/C14H18N2O3S2/c1-3-11-7-8-14(20-11)21(17,18)16-13(10-19-2)12-6-4-5-9-15-12/h4-9,13,16H,3,10H2,1-2H3. The monoisotopic (exact) mass is 326 g/mol. The van der Waals surface area contributed by atoms with E-state index >= 15 is 0 Å². The summed E-state index contributed by atoms with van der Waals surface area (Å²) in [5.74, 6) is 0. The molecule has 7 heteroatoms. The molecule has 2 aromatic heterocycles. The van der Waals surface area contributed by atoms with E-state index in [1.54, 1.807) is 24.4 Å². The van der Waals surface area contributed by atoms with Crippen LogP contribution in [-0.2, 0) is 21.2 Å². The summed E-state index contributed by atoms with van der Waals surface area (Å²) in [6.45, 7) is 2.22. The molecule has 0 aromatic carbocycles. The summed E-state index contributed by atoms with van der Waals surface area (Å²) in [6, 6.07) is 8.35. The highest BCUT2D eigenvalue weighted by Crippen LogP contribution is 2.23. The molecule has 0 spiro atoms. The topological polar surface area (TPSA) is 68.3 Å². The van der Waals surface area contributed by atoms with E-state index in [2.05, 4.69) is 9.71 Å². The second-order valence-corrected chi connectivity index (χ2v) is 7.57. The molecule has 0 saturated heterocycles. The molecule has 1 unspecified atom stereocenters. The van der Waals surface area contributed by atoms with Crippen LogP contribution in [0.2, 0.25) is 0 Å². The smallest absolute Gasteiger partial charge is 0.250 e. The third-order valence-corrected chi connectivity index (χ3v) is 6.12. The summed E-state index contributed by atoms with van der Waals surface area (Å²) in [5, 5.41) is 0. The zero-order valence-corrected chi connectivity index (χ0v) is 13.6. The molecule has 1 N–H and O–H groups in total. The van der Waals surface area contributed by atoms with E-state index < -0.39 is 16.1 Å². The number of nitrogens with zero attached hydrogens (tertiary/aromatic N) is 1. The maximum absolute atomic E-state index is 12.4. The van der Waals surface area contributed by atoms with E-state index in [1.165, 1.54) is 18.4 Å². The predicted molar refractivity (Wildman–Crippen MR) is 82.9 cm³/mol. The van der Waals surface area contributed by atoms with Crippen LogP contribution >= 0.6 is 11.3 Å². The van der Waals surface area contributed by atoms with Crippen LogP contribution in [0.3, 0.4) is 0 Å². The van der Waals surface area contributed by atoms with Crippen molar-refractivity contribution in [1.29, 1.82) is 0 Å². The summed E-state index contributed by atoms with van der Waals surface area (Å²) in [5.41, 5.74) is 0.634. The molecule has 0 aliphatic rings. The number of rotatable bonds is 7. The largest absolute Gasteiger partial charge is 0.383 e. The highest BCUT2D eigenvalue weighted by atomic mass is 32.2. The summed E-state index contributed by atoms with van der Waals surface area (Å²) in [6.07, 6.45) is 2.45. The molecule has 0 bridgehead atoms. The molecule has 0 amide bonds. The minimum absolute atomic E-state index is 0.224. The Balaban J connectivity index is 2.23. The summed E-state index contributed by atoms with van der Waals surface area (Å²) < 4.78 is 33.0. The SMILES string of the molecule is CCc1ccc(S(=O)(=O)NC(COC)c2ccccn2)s1. The van der Waals surface area contributed by atoms with Crippen molar-refractivity contribution in [1.82, 2.24) is 9.71 Å². The number of sulfonamides is 1. The maximum atomic E-state index is 12.4. The van der Waals surface area contributed by atoms with Gasteiger partial charge in [0.05, 0.1) is 18.3 Å². The Morgan fingerprint density at radius 1 is 1.33 bits per heavy atom. The summed E-state index contributed by atoms with van der Waals surface area (Å²) in [7, 11) is -2.04. The number of ether oxygens (including phenoxy) is 1. The number of pyridine rings is 1. The summed E-state index contributed by atoms with van der Waals surface area (Å²) in [4.78, 5) is 5.23. The van der Waals surface area contributed by atoms with E-state index in [4.69, 9.17) is 4.74 Å². The average Bonchev–Trinajstić information content (AvgIpc) is 2.97. The van der Waals surface area contributed by atoms with Crippen molar-refractivity contribution < 1.29 is 13.2 Å². The van der Waals surface area contributed by atoms with E-state index in [1.807, 2.05) is 19.1 Å². The lowest BCUT2D eigenvalue weighted by Gasteiger charge is -2.16. The molecule has 2 heterocycles. The van der Waals surface area contributed by atoms with Crippen molar-refractivity contribution in [3.05, 3.63) is 47.1 Å². The van der Waals surface area contributed by atoms with Gasteiger partial charge in [-0.3, -0.25) is 4.98 Å². The van der Waals surface area contributed by atoms with Crippen molar-refractivity contribution in [2.45, 2.75) is 23.6 Å². The second kappa shape index (κ2) is 7.13. The van der Waals surface area contributed by atoms with Gasteiger partial charge in [0.1, 0.15) is 4.21 Å². The number of methoxy groups -OCH3 is 1. The molecule has 0 aliphatic heterocycles. The van der Waals surface area contributed by atoms with Gasteiger partial charge in [-0.15, -0.1) is 11.3 Å². The van der Waals surface area contributed by atoms with Crippen LogP contribution in [0.4, 0.5) is 0 Å². The van der Waals surface area contributed by atoms with Crippen LogP contribution in [-0.4, -0.2) is 27.1 Å². The van der Waals surface area contributed by atoms with Crippen molar-refractivity contribution in [2.75, 3.05) is 13.7 Å². The minimum Gasteiger partial charge on any atom is -0.383 e. The highest BCUT2D eigenvalue weighted by molar-refractivity contribution is 7.91. The van der Waals surface area contributed by atoms with Crippen LogP contribution in [0.1, 0.15) is 23.5 Å². The fourth-order valence-electron chi connectivity index (χ4n) is 1.87. The number of nitrogens with one attached hydrogen (secondary N) is 1. The van der Waals surface area contributed by atoms with Gasteiger partial charge in [0.2, 0.25) is 0 Å². The van der Waals surface area contributed by atoms with Gasteiger partial charge in [-0.25, -0.2) is 8.42 Å². The normalized spacial score (nSPS) is 13.2. The molecule has 21 heavy (non-hydrogen) atoms. The van der Waals surface area contributed by atoms with Crippen LogP contribution in [0, 0.1) is 0 Å². The molecule has 0 aliphatic carbocycles. The first-order valence-corrected chi connectivity index (χ1v) is 8.87. The molecule has 0 fully saturated rings. The van der Waals surface area contributed by atoms with Crippen LogP contribution < -0.4 is 4.72 Å². The minimum atomic E-state index is -3.57. The number of hydrogen-bond donors (Lipinski definition) is 1. The first-order valence-electron chi connectivity index (χ1n) is 6.57. The van der Waals surface area contributed by atoms with Gasteiger partial charge in [-0.2, -0.15) is 4.72 Å². The van der Waals surface area contributed by atoms with Gasteiger partial charge in [0, 0.05) is 18.2 Å². The second-order valence-electron chi connectivity index (χ2n) is 4.46. The van der Waals surface area contributed by atoms with Crippen LogP contribution in [0.5, 0.6) is 0 Å². The van der Waals surface area contributed by atoms with Crippen LogP contribution in [0.25, 0.3) is 0 Å². The van der Waals surface area contributed by atoms with Crippen LogP contribution in [0.15, 0.2) is 40.7 Å². The third kappa shape index (κ3) is 4.10. The molecule has 0 saturated carbocycles. The van der Waals surface area contributed by atoms with Gasteiger partial charge < -0.3 is 4.74 Å². The lowest BCUT2D eigenvalue weighted by Crippen LogP contribution is -2.31. The Hall–Kier alpha value is -1.28. The van der Waals surface area contributed by atoms with Gasteiger partial charge in [0.15, 0.2) is 0 Å². The Labute approximate surface area is 129 Å². The van der Waals surface area contributed by atoms with Gasteiger partial charge in [0.25, 0.3) is 10.0 Å². The van der Waals surface area contributed by atoms with Crippen molar-refractivity contribution >= 4 is 21.4 Å². The molecule has 0 radical (unpaired) electrons. The van der Waals surface area contributed by atoms with E-state index in [-0.39, 0.29) is 6.61 Å². The number of hydrogen-bond acceptors (Lipinski definition) is 5. The fraction of sp³-hybridized carbons (Fsp3) is 0.357. The highest BCUT2D eigenvalue weighted by Gasteiger charge is 2.23. The van der Waals surface area contributed by atoms with Crippen molar-refractivity contribution in [2.24, 2.45) is 0 Å². The number of aryl methyl sites for hydroxylation is 1. The lowest BCUT2D eigenvalue weighted by atomic mass is 10.2. The Bertz CT molecular complexity index is 669. The summed E-state index contributed by atoms with van der Waals surface area (Å²) >= 11 is 1.28. The predicted octanol–water partition coefficient (Wildman–Crippen LogP) is 2.37. The quantitative estimate of drug-likeness (QED) is 0.848. The van der Waals surface area contributed by atoms with Gasteiger partial charge in [-0.05, 0) is 30.7 Å². The first kappa shape index (κ1) is 16.1. The Morgan fingerprint density at radius 2 is 2.14 bits per heavy atom.